The fourth-order valence-electron chi connectivity index (χ4n) is 2.61. The van der Waals surface area contributed by atoms with Gasteiger partial charge in [0.25, 0.3) is 11.2 Å². The maximum absolute atomic E-state index is 12.8. The van der Waals surface area contributed by atoms with Crippen LogP contribution in [0, 0.1) is 10.1 Å². The molecule has 0 radical (unpaired) electrons. The molecule has 0 saturated heterocycles. The molecule has 11 nitrogen and oxygen atoms in total. The van der Waals surface area contributed by atoms with Crippen LogP contribution in [0.1, 0.15) is 11.8 Å². The predicted molar refractivity (Wildman–Crippen MR) is 102 cm³/mol. The first-order valence-corrected chi connectivity index (χ1v) is 8.46. The normalized spacial score (nSPS) is 13.5. The molecule has 0 spiro atoms. The van der Waals surface area contributed by atoms with Gasteiger partial charge in [-0.3, -0.25) is 20.0 Å². The Morgan fingerprint density at radius 2 is 1.72 bits per heavy atom. The van der Waals surface area contributed by atoms with Gasteiger partial charge in [-0.05, 0) is 18.2 Å². The fourth-order valence-corrected chi connectivity index (χ4v) is 2.61. The minimum Gasteiger partial charge on any atom is -0.394 e. The van der Waals surface area contributed by atoms with Crippen molar-refractivity contribution in [2.45, 2.75) is 12.2 Å². The molecule has 11 heteroatoms. The highest BCUT2D eigenvalue weighted by Gasteiger charge is 2.27. The van der Waals surface area contributed by atoms with Crippen LogP contribution in [-0.4, -0.2) is 42.7 Å². The lowest BCUT2D eigenvalue weighted by molar-refractivity contribution is -0.384. The first kappa shape index (κ1) is 20.1. The number of nitrogens with zero attached hydrogens (tertiary/aromatic N) is 4. The average molecular weight is 399 g/mol. The van der Waals surface area contributed by atoms with Gasteiger partial charge in [0.05, 0.1) is 22.9 Å². The van der Waals surface area contributed by atoms with E-state index < -0.39 is 29.3 Å². The molecule has 0 unspecified atom stereocenters. The Morgan fingerprint density at radius 3 is 2.38 bits per heavy atom. The molecular weight excluding hydrogens is 382 g/mol. The summed E-state index contributed by atoms with van der Waals surface area (Å²) in [5.74, 6) is 0. The van der Waals surface area contributed by atoms with E-state index in [4.69, 9.17) is 5.11 Å². The zero-order valence-corrected chi connectivity index (χ0v) is 14.9. The lowest BCUT2D eigenvalue weighted by atomic mass is 10.1. The summed E-state index contributed by atoms with van der Waals surface area (Å²) in [5.41, 5.74) is -1.22. The Morgan fingerprint density at radius 1 is 1.07 bits per heavy atom. The Kier molecular flexibility index (Phi) is 5.93. The lowest BCUT2D eigenvalue weighted by Gasteiger charge is -2.14. The maximum atomic E-state index is 12.8. The van der Waals surface area contributed by atoms with E-state index in [1.54, 1.807) is 30.3 Å². The smallest absolute Gasteiger partial charge is 0.299 e. The fraction of sp³-hybridized carbons (Fsp3) is 0.167. The number of para-hydroxylation sites is 2. The second-order valence-electron chi connectivity index (χ2n) is 5.99. The molecule has 29 heavy (non-hydrogen) atoms. The third-order valence-corrected chi connectivity index (χ3v) is 4.09. The van der Waals surface area contributed by atoms with E-state index in [9.17, 15) is 25.1 Å². The van der Waals surface area contributed by atoms with Crippen molar-refractivity contribution < 1.29 is 20.2 Å². The van der Waals surface area contributed by atoms with E-state index in [0.717, 1.165) is 4.68 Å². The van der Waals surface area contributed by atoms with Crippen LogP contribution in [0.2, 0.25) is 0 Å². The summed E-state index contributed by atoms with van der Waals surface area (Å²) in [4.78, 5) is 23.3. The minimum atomic E-state index is -1.67. The number of nitro groups is 1. The second kappa shape index (κ2) is 8.56. The van der Waals surface area contributed by atoms with Crippen molar-refractivity contribution in [3.63, 3.8) is 0 Å². The molecule has 0 aliphatic heterocycles. The van der Waals surface area contributed by atoms with E-state index in [-0.39, 0.29) is 22.8 Å². The number of H-pyrrole nitrogens is 1. The van der Waals surface area contributed by atoms with Gasteiger partial charge in [0.15, 0.2) is 11.4 Å². The van der Waals surface area contributed by atoms with Crippen molar-refractivity contribution in [3.8, 4) is 5.69 Å². The minimum absolute atomic E-state index is 0.0903. The molecule has 0 saturated carbocycles. The van der Waals surface area contributed by atoms with Crippen LogP contribution in [0.4, 0.5) is 17.1 Å². The van der Waals surface area contributed by atoms with Crippen LogP contribution in [-0.2, 0) is 0 Å². The summed E-state index contributed by atoms with van der Waals surface area (Å²) in [6, 6.07) is 13.9. The molecule has 1 heterocycles. The molecule has 0 aliphatic carbocycles. The number of aliphatic hydroxyl groups excluding tert-OH is 3. The van der Waals surface area contributed by atoms with Crippen molar-refractivity contribution >= 4 is 17.1 Å². The van der Waals surface area contributed by atoms with E-state index in [1.807, 2.05) is 0 Å². The van der Waals surface area contributed by atoms with Crippen LogP contribution in [0.25, 0.3) is 5.69 Å². The molecule has 0 amide bonds. The summed E-state index contributed by atoms with van der Waals surface area (Å²) < 4.78 is 1.08. The summed E-state index contributed by atoms with van der Waals surface area (Å²) >= 11 is 0. The first-order valence-electron chi connectivity index (χ1n) is 8.46. The van der Waals surface area contributed by atoms with Gasteiger partial charge in [-0.1, -0.05) is 30.3 Å². The molecular formula is C18H17N5O6. The third-order valence-electron chi connectivity index (χ3n) is 4.09. The summed E-state index contributed by atoms with van der Waals surface area (Å²) in [7, 11) is 0. The monoisotopic (exact) mass is 399 g/mol. The van der Waals surface area contributed by atoms with Crippen LogP contribution in [0.15, 0.2) is 69.6 Å². The van der Waals surface area contributed by atoms with Gasteiger partial charge in [-0.2, -0.15) is 0 Å². The molecule has 1 aromatic heterocycles. The van der Waals surface area contributed by atoms with Crippen molar-refractivity contribution in [3.05, 3.63) is 80.8 Å². The summed E-state index contributed by atoms with van der Waals surface area (Å²) in [5, 5.41) is 50.6. The van der Waals surface area contributed by atoms with Gasteiger partial charge in [0.1, 0.15) is 12.2 Å². The van der Waals surface area contributed by atoms with Crippen LogP contribution < -0.4 is 5.56 Å². The number of azo groups is 1. The largest absolute Gasteiger partial charge is 0.394 e. The summed E-state index contributed by atoms with van der Waals surface area (Å²) in [6.45, 7) is -0.763. The quantitative estimate of drug-likeness (QED) is 0.269. The zero-order valence-electron chi connectivity index (χ0n) is 14.9. The Bertz CT molecular complexity index is 1090. The molecule has 2 aromatic carbocycles. The van der Waals surface area contributed by atoms with E-state index >= 15 is 0 Å². The number of nitrogens with one attached hydrogen (secondary N) is 1. The highest BCUT2D eigenvalue weighted by Crippen LogP contribution is 2.30. The van der Waals surface area contributed by atoms with Crippen molar-refractivity contribution in [1.29, 1.82) is 0 Å². The van der Waals surface area contributed by atoms with Crippen LogP contribution in [0.5, 0.6) is 0 Å². The lowest BCUT2D eigenvalue weighted by Crippen LogP contribution is -2.22. The number of hydrogen-bond acceptors (Lipinski definition) is 8. The van der Waals surface area contributed by atoms with Gasteiger partial charge in [0, 0.05) is 6.07 Å². The number of rotatable bonds is 7. The highest BCUT2D eigenvalue weighted by atomic mass is 16.6. The van der Waals surface area contributed by atoms with Gasteiger partial charge >= 0.3 is 0 Å². The van der Waals surface area contributed by atoms with Crippen molar-refractivity contribution in [2.75, 3.05) is 6.61 Å². The molecule has 0 fully saturated rings. The molecule has 2 atom stereocenters. The number of nitro benzene ring substituents is 1. The predicted octanol–water partition coefficient (Wildman–Crippen LogP) is 1.88. The van der Waals surface area contributed by atoms with Gasteiger partial charge < -0.3 is 15.3 Å². The number of aliphatic hydroxyl groups is 3. The summed E-state index contributed by atoms with van der Waals surface area (Å²) in [6.07, 6.45) is -3.25. The first-order chi connectivity index (χ1) is 13.9. The van der Waals surface area contributed by atoms with Crippen molar-refractivity contribution in [2.24, 2.45) is 10.2 Å². The van der Waals surface area contributed by atoms with Gasteiger partial charge in [-0.25, -0.2) is 4.68 Å². The second-order valence-corrected chi connectivity index (χ2v) is 5.99. The Balaban J connectivity index is 2.13. The van der Waals surface area contributed by atoms with Gasteiger partial charge in [0.2, 0.25) is 0 Å². The number of aromatic nitrogens is 2. The highest BCUT2D eigenvalue weighted by molar-refractivity contribution is 5.57. The maximum Gasteiger partial charge on any atom is 0.299 e. The van der Waals surface area contributed by atoms with Crippen LogP contribution >= 0.6 is 0 Å². The zero-order chi connectivity index (χ0) is 21.0. The SMILES string of the molecule is O=c1c(N=Nc2ccccc2[N+](=O)[O-])c([C@@H](O)[C@@H](O)CO)[nH]n1-c1ccccc1. The number of aromatic amines is 1. The third kappa shape index (κ3) is 4.11. The van der Waals surface area contributed by atoms with Crippen LogP contribution in [0.3, 0.4) is 0 Å². The standard InChI is InChI=1S/C18H17N5O6/c24-10-14(25)17(26)15-16(18(27)22(21-15)11-6-2-1-3-7-11)20-19-12-8-4-5-9-13(12)23(28)29/h1-9,14,17,21,24-26H,10H2/t14-,17-/m0/s1. The number of benzene rings is 2. The molecule has 3 aromatic rings. The average Bonchev–Trinajstić information content (AvgIpc) is 3.08. The molecule has 150 valence electrons. The van der Waals surface area contributed by atoms with E-state index in [1.165, 1.54) is 24.3 Å². The molecule has 0 aliphatic rings. The van der Waals surface area contributed by atoms with E-state index in [2.05, 4.69) is 15.3 Å². The van der Waals surface area contributed by atoms with Crippen molar-refractivity contribution in [1.82, 2.24) is 9.78 Å². The molecule has 0 bridgehead atoms. The molecule has 4 N–H and O–H groups in total. The topological polar surface area (TPSA) is 166 Å². The molecule has 3 rings (SSSR count). The van der Waals surface area contributed by atoms with E-state index in [0.29, 0.717) is 5.69 Å². The Hall–Kier alpha value is -3.67. The number of hydrogen-bond donors (Lipinski definition) is 4. The van der Waals surface area contributed by atoms with Gasteiger partial charge in [-0.15, -0.1) is 10.2 Å². The Labute approximate surface area is 163 Å².